The van der Waals surface area contributed by atoms with Crippen LogP contribution >= 0.6 is 0 Å². The van der Waals surface area contributed by atoms with Gasteiger partial charge in [-0.25, -0.2) is 0 Å². The number of carbonyl (C=O) groups is 2. The fraction of sp³-hybridized carbons (Fsp3) is 0.867. The summed E-state index contributed by atoms with van der Waals surface area (Å²) in [4.78, 5) is 23.3. The first-order valence-corrected chi connectivity index (χ1v) is 7.39. The Labute approximate surface area is 116 Å². The number of hydrogen-bond donors (Lipinski definition) is 2. The lowest BCUT2D eigenvalue weighted by Gasteiger charge is -2.35. The van der Waals surface area contributed by atoms with Crippen LogP contribution in [0.2, 0.25) is 0 Å². The van der Waals surface area contributed by atoms with Crippen molar-refractivity contribution >= 4 is 11.9 Å². The first kappa shape index (κ1) is 16.0. The Bertz CT molecular complexity index is 319. The Hall–Kier alpha value is -1.06. The molecule has 0 bridgehead atoms. The standard InChI is InChI=1S/C15H27NO3/c1-11(2)15(3,10-13(17)18)16-14(19)12-8-6-4-5-7-9-12/h11-12H,4-10H2,1-3H3,(H,16,19)(H,17,18). The van der Waals surface area contributed by atoms with Crippen LogP contribution in [0.15, 0.2) is 0 Å². The van der Waals surface area contributed by atoms with Gasteiger partial charge in [0.2, 0.25) is 5.91 Å². The van der Waals surface area contributed by atoms with Crippen molar-refractivity contribution in [3.05, 3.63) is 0 Å². The van der Waals surface area contributed by atoms with Crippen LogP contribution in [0.25, 0.3) is 0 Å². The predicted molar refractivity (Wildman–Crippen MR) is 74.8 cm³/mol. The molecule has 1 aliphatic rings. The van der Waals surface area contributed by atoms with E-state index in [4.69, 9.17) is 5.11 Å². The summed E-state index contributed by atoms with van der Waals surface area (Å²) in [6.45, 7) is 5.74. The summed E-state index contributed by atoms with van der Waals surface area (Å²) in [6.07, 6.45) is 6.48. The lowest BCUT2D eigenvalue weighted by Crippen LogP contribution is -2.53. The molecule has 0 radical (unpaired) electrons. The molecular formula is C15H27NO3. The molecule has 0 aromatic heterocycles. The normalized spacial score (nSPS) is 20.6. The minimum absolute atomic E-state index is 0.0247. The minimum atomic E-state index is -0.864. The Kier molecular flexibility index (Phi) is 5.83. The van der Waals surface area contributed by atoms with Gasteiger partial charge in [-0.1, -0.05) is 39.5 Å². The minimum Gasteiger partial charge on any atom is -0.481 e. The second kappa shape index (κ2) is 6.92. The van der Waals surface area contributed by atoms with Crippen molar-refractivity contribution in [2.24, 2.45) is 11.8 Å². The first-order chi connectivity index (χ1) is 8.85. The first-order valence-electron chi connectivity index (χ1n) is 7.39. The van der Waals surface area contributed by atoms with E-state index in [1.165, 1.54) is 12.8 Å². The molecule has 110 valence electrons. The highest BCUT2D eigenvalue weighted by Crippen LogP contribution is 2.26. The molecule has 0 aliphatic heterocycles. The molecule has 0 spiro atoms. The number of aliphatic carboxylic acids is 1. The van der Waals surface area contributed by atoms with Gasteiger partial charge < -0.3 is 10.4 Å². The van der Waals surface area contributed by atoms with Crippen LogP contribution in [0.4, 0.5) is 0 Å². The molecule has 1 fully saturated rings. The summed E-state index contributed by atoms with van der Waals surface area (Å²) < 4.78 is 0. The SMILES string of the molecule is CC(C)C(C)(CC(=O)O)NC(=O)C1CCCCCC1. The summed E-state index contributed by atoms with van der Waals surface area (Å²) in [5.74, 6) is -0.663. The molecule has 1 saturated carbocycles. The maximum Gasteiger partial charge on any atom is 0.305 e. The number of hydrogen-bond acceptors (Lipinski definition) is 2. The molecular weight excluding hydrogens is 242 g/mol. The number of amides is 1. The number of carboxylic acids is 1. The summed E-state index contributed by atoms with van der Waals surface area (Å²) in [5.41, 5.74) is -0.658. The Morgan fingerprint density at radius 1 is 1.21 bits per heavy atom. The highest BCUT2D eigenvalue weighted by atomic mass is 16.4. The topological polar surface area (TPSA) is 66.4 Å². The number of nitrogens with one attached hydrogen (secondary N) is 1. The van der Waals surface area contributed by atoms with E-state index in [1.54, 1.807) is 0 Å². The predicted octanol–water partition coefficient (Wildman–Crippen LogP) is 2.96. The zero-order chi connectivity index (χ0) is 14.5. The van der Waals surface area contributed by atoms with Crippen LogP contribution in [-0.4, -0.2) is 22.5 Å². The van der Waals surface area contributed by atoms with Gasteiger partial charge in [-0.3, -0.25) is 9.59 Å². The van der Waals surface area contributed by atoms with Crippen molar-refractivity contribution < 1.29 is 14.7 Å². The van der Waals surface area contributed by atoms with Crippen molar-refractivity contribution in [2.45, 2.75) is 71.3 Å². The van der Waals surface area contributed by atoms with Crippen LogP contribution < -0.4 is 5.32 Å². The molecule has 0 heterocycles. The van der Waals surface area contributed by atoms with Crippen LogP contribution in [0.5, 0.6) is 0 Å². The molecule has 2 N–H and O–H groups in total. The molecule has 1 amide bonds. The van der Waals surface area contributed by atoms with Crippen molar-refractivity contribution in [3.8, 4) is 0 Å². The molecule has 0 aromatic carbocycles. The number of rotatable bonds is 5. The van der Waals surface area contributed by atoms with Crippen LogP contribution in [0.3, 0.4) is 0 Å². The highest BCUT2D eigenvalue weighted by molar-refractivity contribution is 5.80. The molecule has 19 heavy (non-hydrogen) atoms. The Morgan fingerprint density at radius 2 is 1.74 bits per heavy atom. The van der Waals surface area contributed by atoms with Crippen LogP contribution in [0.1, 0.15) is 65.7 Å². The molecule has 1 aliphatic carbocycles. The van der Waals surface area contributed by atoms with Crippen molar-refractivity contribution in [1.82, 2.24) is 5.32 Å². The summed E-state index contributed by atoms with van der Waals surface area (Å²) in [5, 5.41) is 12.0. The van der Waals surface area contributed by atoms with Crippen LogP contribution in [0, 0.1) is 11.8 Å². The van der Waals surface area contributed by atoms with Gasteiger partial charge in [0.15, 0.2) is 0 Å². The zero-order valence-corrected chi connectivity index (χ0v) is 12.4. The lowest BCUT2D eigenvalue weighted by atomic mass is 9.84. The van der Waals surface area contributed by atoms with Crippen molar-refractivity contribution in [2.75, 3.05) is 0 Å². The summed E-state index contributed by atoms with van der Waals surface area (Å²) in [7, 11) is 0. The van der Waals surface area contributed by atoms with E-state index in [0.717, 1.165) is 25.7 Å². The quantitative estimate of drug-likeness (QED) is 0.754. The van der Waals surface area contributed by atoms with Gasteiger partial charge in [0, 0.05) is 11.5 Å². The summed E-state index contributed by atoms with van der Waals surface area (Å²) in [6, 6.07) is 0. The molecule has 1 rings (SSSR count). The van der Waals surface area contributed by atoms with E-state index in [-0.39, 0.29) is 24.2 Å². The third kappa shape index (κ3) is 4.84. The second-order valence-corrected chi connectivity index (χ2v) is 6.32. The van der Waals surface area contributed by atoms with E-state index in [2.05, 4.69) is 5.32 Å². The average molecular weight is 269 g/mol. The average Bonchev–Trinajstić information content (AvgIpc) is 2.55. The van der Waals surface area contributed by atoms with E-state index in [0.29, 0.717) is 0 Å². The smallest absolute Gasteiger partial charge is 0.305 e. The van der Waals surface area contributed by atoms with Gasteiger partial charge >= 0.3 is 5.97 Å². The second-order valence-electron chi connectivity index (χ2n) is 6.32. The summed E-state index contributed by atoms with van der Waals surface area (Å²) >= 11 is 0. The molecule has 4 nitrogen and oxygen atoms in total. The largest absolute Gasteiger partial charge is 0.481 e. The third-order valence-electron chi connectivity index (χ3n) is 4.43. The fourth-order valence-electron chi connectivity index (χ4n) is 2.63. The number of carbonyl (C=O) groups excluding carboxylic acids is 1. The Balaban J connectivity index is 2.67. The van der Waals surface area contributed by atoms with Crippen molar-refractivity contribution in [1.29, 1.82) is 0 Å². The molecule has 4 heteroatoms. The monoisotopic (exact) mass is 269 g/mol. The molecule has 0 aromatic rings. The van der Waals surface area contributed by atoms with Gasteiger partial charge in [0.25, 0.3) is 0 Å². The van der Waals surface area contributed by atoms with Gasteiger partial charge in [0.1, 0.15) is 0 Å². The van der Waals surface area contributed by atoms with Gasteiger partial charge in [0.05, 0.1) is 6.42 Å². The van der Waals surface area contributed by atoms with Crippen molar-refractivity contribution in [3.63, 3.8) is 0 Å². The molecule has 1 atom stereocenters. The van der Waals surface area contributed by atoms with E-state index >= 15 is 0 Å². The van der Waals surface area contributed by atoms with Gasteiger partial charge in [-0.2, -0.15) is 0 Å². The van der Waals surface area contributed by atoms with Crippen LogP contribution in [-0.2, 0) is 9.59 Å². The highest BCUT2D eigenvalue weighted by Gasteiger charge is 2.34. The lowest BCUT2D eigenvalue weighted by molar-refractivity contribution is -0.140. The van der Waals surface area contributed by atoms with E-state index < -0.39 is 11.5 Å². The van der Waals surface area contributed by atoms with Gasteiger partial charge in [-0.05, 0) is 25.7 Å². The van der Waals surface area contributed by atoms with Gasteiger partial charge in [-0.15, -0.1) is 0 Å². The van der Waals surface area contributed by atoms with E-state index in [9.17, 15) is 9.59 Å². The number of carboxylic acid groups (broad SMARTS) is 1. The molecule has 0 saturated heterocycles. The third-order valence-corrected chi connectivity index (χ3v) is 4.43. The maximum absolute atomic E-state index is 12.3. The molecule has 1 unspecified atom stereocenters. The maximum atomic E-state index is 12.3. The fourth-order valence-corrected chi connectivity index (χ4v) is 2.63. The zero-order valence-electron chi connectivity index (χ0n) is 12.4. The Morgan fingerprint density at radius 3 is 2.16 bits per heavy atom. The van der Waals surface area contributed by atoms with E-state index in [1.807, 2.05) is 20.8 Å².